The van der Waals surface area contributed by atoms with Crippen LogP contribution in [0.3, 0.4) is 0 Å². The molecule has 0 heterocycles. The molecule has 0 bridgehead atoms. The highest BCUT2D eigenvalue weighted by Gasteiger charge is 2.33. The molecule has 1 unspecified atom stereocenters. The number of amides is 7. The fraction of sp³-hybridized carbons (Fsp3) is 0.588. The molecule has 7 amide bonds. The molecule has 51 heavy (non-hydrogen) atoms. The minimum Gasteiger partial charge on any atom is -0.394 e. The van der Waals surface area contributed by atoms with E-state index in [-0.39, 0.29) is 6.54 Å². The van der Waals surface area contributed by atoms with Gasteiger partial charge in [0.05, 0.1) is 25.8 Å². The maximum Gasteiger partial charge on any atom is 0.251 e. The van der Waals surface area contributed by atoms with Crippen LogP contribution in [0, 0.1) is 0 Å². The number of carbonyl (C=O) groups is 8. The molecule has 0 aromatic heterocycles. The second-order valence-electron chi connectivity index (χ2n) is 12.2. The van der Waals surface area contributed by atoms with Crippen molar-refractivity contribution in [1.29, 1.82) is 0 Å². The Labute approximate surface area is 298 Å². The maximum atomic E-state index is 13.0. The number of aldehydes is 1. The lowest BCUT2D eigenvalue weighted by Gasteiger charge is -2.30. The van der Waals surface area contributed by atoms with Gasteiger partial charge in [-0.05, 0) is 58.2 Å². The third kappa shape index (κ3) is 15.3. The summed E-state index contributed by atoms with van der Waals surface area (Å²) in [5.74, 6) is -5.29. The van der Waals surface area contributed by atoms with Crippen molar-refractivity contribution in [2.75, 3.05) is 26.7 Å². The fourth-order valence-electron chi connectivity index (χ4n) is 4.77. The van der Waals surface area contributed by atoms with E-state index >= 15 is 0 Å². The zero-order valence-electron chi connectivity index (χ0n) is 30.1. The van der Waals surface area contributed by atoms with Crippen molar-refractivity contribution < 1.29 is 48.6 Å². The number of unbranched alkanes of at least 4 members (excludes halogenated alkanes) is 3. The summed E-state index contributed by atoms with van der Waals surface area (Å²) in [5.41, 5.74) is 1.37. The smallest absolute Gasteiger partial charge is 0.251 e. The lowest BCUT2D eigenvalue weighted by molar-refractivity contribution is -0.144. The molecule has 0 saturated heterocycles. The second kappa shape index (κ2) is 22.7. The highest BCUT2D eigenvalue weighted by atomic mass is 16.3. The van der Waals surface area contributed by atoms with Gasteiger partial charge in [-0.15, -0.1) is 0 Å². The standard InChI is InChI=1S/C34H53N7O10/c1-7-8-9-10-11-24-12-14-25(15-13-24)32(49)40-26(19-43)33(50)38-21(3)30(47)36-18-27(45)41(6)28(23(5)44)34(51)39-22(4)31(48)37-20(2)29(46)35-16-17-42/h12-15,17,20-23,26,28,43-44H,7-11,16,18-19H2,1-6H3,(H,35,46)(H,36,47)(H,37,48)(H,38,50)(H,39,51)(H,40,49)/t20-,21+,22-,23?,26+,28-/m0/s1. The summed E-state index contributed by atoms with van der Waals surface area (Å²) < 4.78 is 0. The Morgan fingerprint density at radius 3 is 1.84 bits per heavy atom. The first-order chi connectivity index (χ1) is 24.1. The SMILES string of the molecule is CCCCCCc1ccc(C(=O)N[C@H](CO)C(=O)N[C@H](C)C(=O)NCC(=O)N(C)[C@H](C(=O)N[C@@H](C)C(=O)N[C@@H](C)C(=O)NCC=O)C(C)O)cc1. The van der Waals surface area contributed by atoms with E-state index in [0.717, 1.165) is 42.6 Å². The van der Waals surface area contributed by atoms with Gasteiger partial charge in [-0.25, -0.2) is 0 Å². The highest BCUT2D eigenvalue weighted by Crippen LogP contribution is 2.10. The van der Waals surface area contributed by atoms with E-state index in [1.54, 1.807) is 12.1 Å². The zero-order valence-corrected chi connectivity index (χ0v) is 30.1. The molecule has 0 saturated carbocycles. The third-order valence-corrected chi connectivity index (χ3v) is 7.91. The van der Waals surface area contributed by atoms with Gasteiger partial charge in [0.1, 0.15) is 36.5 Å². The van der Waals surface area contributed by atoms with Gasteiger partial charge < -0.3 is 51.8 Å². The summed E-state index contributed by atoms with van der Waals surface area (Å²) in [6.45, 7) is 5.77. The molecule has 284 valence electrons. The van der Waals surface area contributed by atoms with Gasteiger partial charge in [0.15, 0.2) is 0 Å². The number of likely N-dealkylation sites (N-methyl/N-ethyl adjacent to an activating group) is 1. The van der Waals surface area contributed by atoms with E-state index < -0.39 is 90.8 Å². The van der Waals surface area contributed by atoms with Crippen molar-refractivity contribution in [2.45, 2.75) is 103 Å². The first-order valence-corrected chi connectivity index (χ1v) is 16.9. The number of benzene rings is 1. The first kappa shape index (κ1) is 44.1. The number of carbonyl (C=O) groups excluding carboxylic acids is 8. The van der Waals surface area contributed by atoms with E-state index in [1.165, 1.54) is 34.7 Å². The number of aliphatic hydroxyl groups is 2. The minimum atomic E-state index is -1.48. The molecule has 0 fully saturated rings. The van der Waals surface area contributed by atoms with Crippen LogP contribution in [0.25, 0.3) is 0 Å². The summed E-state index contributed by atoms with van der Waals surface area (Å²) in [5, 5.41) is 34.2. The van der Waals surface area contributed by atoms with Gasteiger partial charge >= 0.3 is 0 Å². The van der Waals surface area contributed by atoms with Crippen molar-refractivity contribution >= 4 is 47.6 Å². The highest BCUT2D eigenvalue weighted by molar-refractivity contribution is 5.99. The second-order valence-corrected chi connectivity index (χ2v) is 12.2. The Morgan fingerprint density at radius 1 is 0.745 bits per heavy atom. The van der Waals surface area contributed by atoms with Gasteiger partial charge in [0.25, 0.3) is 5.91 Å². The molecular formula is C34H53N7O10. The normalized spacial score (nSPS) is 14.3. The van der Waals surface area contributed by atoms with E-state index in [2.05, 4.69) is 38.8 Å². The Balaban J connectivity index is 2.68. The molecule has 0 aliphatic heterocycles. The Hall–Kier alpha value is -4.90. The summed E-state index contributed by atoms with van der Waals surface area (Å²) in [6.07, 6.45) is 4.41. The quantitative estimate of drug-likeness (QED) is 0.0486. The molecule has 0 aliphatic carbocycles. The Kier molecular flexibility index (Phi) is 19.7. The molecule has 8 N–H and O–H groups in total. The van der Waals surface area contributed by atoms with Crippen LogP contribution in [-0.2, 0) is 40.0 Å². The van der Waals surface area contributed by atoms with Gasteiger partial charge in [0, 0.05) is 12.6 Å². The predicted octanol–water partition coefficient (Wildman–Crippen LogP) is -1.95. The van der Waals surface area contributed by atoms with E-state index in [0.29, 0.717) is 11.8 Å². The lowest BCUT2D eigenvalue weighted by Crippen LogP contribution is -2.59. The first-order valence-electron chi connectivity index (χ1n) is 16.9. The molecule has 0 spiro atoms. The van der Waals surface area contributed by atoms with Gasteiger partial charge in [-0.2, -0.15) is 0 Å². The summed E-state index contributed by atoms with van der Waals surface area (Å²) in [6, 6.07) is 0.668. The van der Waals surface area contributed by atoms with E-state index in [9.17, 15) is 48.6 Å². The average Bonchev–Trinajstić information content (AvgIpc) is 3.09. The Bertz CT molecular complexity index is 1360. The van der Waals surface area contributed by atoms with Crippen LogP contribution in [0.15, 0.2) is 24.3 Å². The van der Waals surface area contributed by atoms with Crippen LogP contribution in [0.5, 0.6) is 0 Å². The van der Waals surface area contributed by atoms with Crippen LogP contribution in [-0.4, -0.2) is 126 Å². The monoisotopic (exact) mass is 719 g/mol. The van der Waals surface area contributed by atoms with Crippen molar-refractivity contribution in [3.05, 3.63) is 35.4 Å². The topological polar surface area (TPSA) is 252 Å². The minimum absolute atomic E-state index is 0.241. The van der Waals surface area contributed by atoms with Crippen molar-refractivity contribution in [3.63, 3.8) is 0 Å². The van der Waals surface area contributed by atoms with Crippen LogP contribution >= 0.6 is 0 Å². The van der Waals surface area contributed by atoms with Gasteiger partial charge in [0.2, 0.25) is 35.4 Å². The predicted molar refractivity (Wildman–Crippen MR) is 186 cm³/mol. The molecule has 1 rings (SSSR count). The number of hydrogen-bond donors (Lipinski definition) is 8. The third-order valence-electron chi connectivity index (χ3n) is 7.91. The molecule has 0 aliphatic rings. The fourth-order valence-corrected chi connectivity index (χ4v) is 4.77. The zero-order chi connectivity index (χ0) is 38.7. The van der Waals surface area contributed by atoms with Crippen molar-refractivity contribution in [1.82, 2.24) is 36.8 Å². The van der Waals surface area contributed by atoms with Crippen LogP contribution in [0.1, 0.15) is 76.2 Å². The van der Waals surface area contributed by atoms with Crippen molar-refractivity contribution in [3.8, 4) is 0 Å². The van der Waals surface area contributed by atoms with Gasteiger partial charge in [-0.1, -0.05) is 38.3 Å². The van der Waals surface area contributed by atoms with Crippen LogP contribution in [0.4, 0.5) is 0 Å². The summed E-state index contributed by atoms with van der Waals surface area (Å²) in [7, 11) is 1.20. The largest absolute Gasteiger partial charge is 0.394 e. The molecule has 0 radical (unpaired) electrons. The number of aryl methyl sites for hydroxylation is 1. The maximum absolute atomic E-state index is 13.0. The lowest BCUT2D eigenvalue weighted by atomic mass is 10.0. The van der Waals surface area contributed by atoms with Crippen LogP contribution in [0.2, 0.25) is 0 Å². The van der Waals surface area contributed by atoms with E-state index in [1.807, 2.05) is 12.1 Å². The molecule has 1 aromatic carbocycles. The number of hydrogen-bond acceptors (Lipinski definition) is 10. The molecule has 6 atom stereocenters. The molecule has 17 nitrogen and oxygen atoms in total. The van der Waals surface area contributed by atoms with Gasteiger partial charge in [-0.3, -0.25) is 33.6 Å². The average molecular weight is 720 g/mol. The Morgan fingerprint density at radius 2 is 1.29 bits per heavy atom. The summed E-state index contributed by atoms with van der Waals surface area (Å²) >= 11 is 0. The molecule has 17 heteroatoms. The van der Waals surface area contributed by atoms with Crippen molar-refractivity contribution in [2.24, 2.45) is 0 Å². The number of nitrogens with zero attached hydrogens (tertiary/aromatic N) is 1. The molecular weight excluding hydrogens is 666 g/mol. The molecule has 1 aromatic rings. The van der Waals surface area contributed by atoms with E-state index in [4.69, 9.17) is 0 Å². The van der Waals surface area contributed by atoms with Crippen LogP contribution < -0.4 is 31.9 Å². The summed E-state index contributed by atoms with van der Waals surface area (Å²) in [4.78, 5) is 99.7. The number of aliphatic hydroxyl groups excluding tert-OH is 2. The number of nitrogens with one attached hydrogen (secondary N) is 6. The number of rotatable bonds is 22.